The molecule has 1 amide bonds. The number of nitrogens with zero attached hydrogens (tertiary/aromatic N) is 3. The number of hydrogen-bond donors (Lipinski definition) is 1. The number of hydrogen-bond acceptors (Lipinski definition) is 5. The van der Waals surface area contributed by atoms with Crippen molar-refractivity contribution in [2.75, 3.05) is 19.7 Å². The Morgan fingerprint density at radius 1 is 1.40 bits per heavy atom. The van der Waals surface area contributed by atoms with E-state index in [9.17, 15) is 9.59 Å². The topological polar surface area (TPSA) is 88.2 Å². The van der Waals surface area contributed by atoms with Crippen LogP contribution < -0.4 is 5.56 Å². The molecule has 3 heterocycles. The molecule has 0 radical (unpaired) electrons. The Labute approximate surface area is 146 Å². The minimum atomic E-state index is -0.151. The van der Waals surface area contributed by atoms with Crippen molar-refractivity contribution in [1.29, 1.82) is 0 Å². The van der Waals surface area contributed by atoms with Gasteiger partial charge < -0.3 is 14.6 Å². The molecule has 0 aromatic carbocycles. The Bertz CT molecular complexity index is 747. The van der Waals surface area contributed by atoms with E-state index in [1.54, 1.807) is 12.4 Å². The van der Waals surface area contributed by atoms with E-state index in [0.29, 0.717) is 39.0 Å². The van der Waals surface area contributed by atoms with E-state index in [4.69, 9.17) is 4.74 Å². The van der Waals surface area contributed by atoms with Crippen LogP contribution in [-0.2, 0) is 22.4 Å². The first-order valence-electron chi connectivity index (χ1n) is 8.52. The maximum absolute atomic E-state index is 12.4. The smallest absolute Gasteiger partial charge is 0.250 e. The number of rotatable bonds is 6. The SMILES string of the molecule is O=C(CCc1cccnc1)N1CCO[C@@H](CCc2cc(=O)[nH]cn2)C1. The fraction of sp³-hybridized carbons (Fsp3) is 0.444. The molecule has 1 atom stereocenters. The number of aryl methyl sites for hydroxylation is 2. The Morgan fingerprint density at radius 2 is 2.32 bits per heavy atom. The monoisotopic (exact) mass is 342 g/mol. The molecule has 1 aliphatic heterocycles. The minimum absolute atomic E-state index is 0.0165. The summed E-state index contributed by atoms with van der Waals surface area (Å²) in [6.45, 7) is 1.77. The van der Waals surface area contributed by atoms with Gasteiger partial charge in [-0.1, -0.05) is 6.07 Å². The molecule has 0 aliphatic carbocycles. The molecule has 7 heteroatoms. The largest absolute Gasteiger partial charge is 0.375 e. The van der Waals surface area contributed by atoms with Crippen molar-refractivity contribution in [1.82, 2.24) is 19.9 Å². The van der Waals surface area contributed by atoms with Gasteiger partial charge in [-0.2, -0.15) is 0 Å². The van der Waals surface area contributed by atoms with Crippen molar-refractivity contribution in [3.63, 3.8) is 0 Å². The maximum Gasteiger partial charge on any atom is 0.250 e. The van der Waals surface area contributed by atoms with E-state index in [2.05, 4.69) is 15.0 Å². The highest BCUT2D eigenvalue weighted by Gasteiger charge is 2.23. The van der Waals surface area contributed by atoms with Crippen LogP contribution in [0, 0.1) is 0 Å². The fourth-order valence-electron chi connectivity index (χ4n) is 2.93. The zero-order valence-corrected chi connectivity index (χ0v) is 14.1. The molecule has 0 saturated carbocycles. The van der Waals surface area contributed by atoms with E-state index in [0.717, 1.165) is 17.7 Å². The van der Waals surface area contributed by atoms with Gasteiger partial charge in [-0.05, 0) is 30.9 Å². The number of ether oxygens (including phenoxy) is 1. The Balaban J connectivity index is 1.47. The summed E-state index contributed by atoms with van der Waals surface area (Å²) >= 11 is 0. The van der Waals surface area contributed by atoms with Gasteiger partial charge in [0.1, 0.15) is 0 Å². The van der Waals surface area contributed by atoms with Gasteiger partial charge in [0.25, 0.3) is 5.56 Å². The van der Waals surface area contributed by atoms with Gasteiger partial charge in [-0.3, -0.25) is 14.6 Å². The molecule has 0 spiro atoms. The molecule has 1 fully saturated rings. The van der Waals surface area contributed by atoms with Crippen LogP contribution in [-0.4, -0.2) is 51.6 Å². The predicted octanol–water partition coefficient (Wildman–Crippen LogP) is 0.958. The zero-order valence-electron chi connectivity index (χ0n) is 14.1. The summed E-state index contributed by atoms with van der Waals surface area (Å²) in [6, 6.07) is 5.36. The second kappa shape index (κ2) is 8.53. The van der Waals surface area contributed by atoms with Gasteiger partial charge in [-0.15, -0.1) is 0 Å². The number of H-pyrrole nitrogens is 1. The summed E-state index contributed by atoms with van der Waals surface area (Å²) in [7, 11) is 0. The standard InChI is InChI=1S/C18H22N4O3/c23-17-10-15(20-13-21-17)4-5-16-12-22(8-9-25-16)18(24)6-3-14-2-1-7-19-11-14/h1-2,7,10-11,13,16H,3-6,8-9,12H2,(H,20,21,23)/t16-/m0/s1. The van der Waals surface area contributed by atoms with Crippen molar-refractivity contribution in [3.8, 4) is 0 Å². The van der Waals surface area contributed by atoms with Crippen molar-refractivity contribution >= 4 is 5.91 Å². The van der Waals surface area contributed by atoms with Crippen molar-refractivity contribution < 1.29 is 9.53 Å². The van der Waals surface area contributed by atoms with E-state index >= 15 is 0 Å². The van der Waals surface area contributed by atoms with Crippen LogP contribution in [0.5, 0.6) is 0 Å². The number of pyridine rings is 1. The number of nitrogens with one attached hydrogen (secondary N) is 1. The minimum Gasteiger partial charge on any atom is -0.375 e. The number of aromatic amines is 1. The zero-order chi connectivity index (χ0) is 17.5. The normalized spacial score (nSPS) is 17.4. The molecule has 7 nitrogen and oxygen atoms in total. The first-order chi connectivity index (χ1) is 12.2. The van der Waals surface area contributed by atoms with Gasteiger partial charge >= 0.3 is 0 Å². The number of amides is 1. The number of carbonyl (C=O) groups is 1. The van der Waals surface area contributed by atoms with Crippen molar-refractivity contribution in [3.05, 3.63) is 58.5 Å². The first-order valence-corrected chi connectivity index (χ1v) is 8.52. The highest BCUT2D eigenvalue weighted by molar-refractivity contribution is 5.76. The van der Waals surface area contributed by atoms with Crippen LogP contribution in [0.3, 0.4) is 0 Å². The Morgan fingerprint density at radius 3 is 3.12 bits per heavy atom. The van der Waals surface area contributed by atoms with Crippen molar-refractivity contribution in [2.24, 2.45) is 0 Å². The lowest BCUT2D eigenvalue weighted by Crippen LogP contribution is -2.45. The van der Waals surface area contributed by atoms with Crippen LogP contribution in [0.25, 0.3) is 0 Å². The van der Waals surface area contributed by atoms with E-state index < -0.39 is 0 Å². The second-order valence-corrected chi connectivity index (χ2v) is 6.13. The van der Waals surface area contributed by atoms with E-state index in [1.807, 2.05) is 17.0 Å². The summed E-state index contributed by atoms with van der Waals surface area (Å²) in [5.41, 5.74) is 1.66. The van der Waals surface area contributed by atoms with Crippen LogP contribution in [0.15, 0.2) is 41.7 Å². The lowest BCUT2D eigenvalue weighted by molar-refractivity contribution is -0.138. The molecule has 1 N–H and O–H groups in total. The molecule has 1 saturated heterocycles. The summed E-state index contributed by atoms with van der Waals surface area (Å²) in [5, 5.41) is 0. The van der Waals surface area contributed by atoms with Gasteiger partial charge in [0.15, 0.2) is 0 Å². The Kier molecular flexibility index (Phi) is 5.90. The van der Waals surface area contributed by atoms with E-state index in [1.165, 1.54) is 12.4 Å². The lowest BCUT2D eigenvalue weighted by atomic mass is 10.1. The molecular weight excluding hydrogens is 320 g/mol. The number of aromatic nitrogens is 3. The molecule has 2 aromatic heterocycles. The van der Waals surface area contributed by atoms with Crippen LogP contribution in [0.1, 0.15) is 24.1 Å². The summed E-state index contributed by atoms with van der Waals surface area (Å²) in [4.78, 5) is 36.3. The molecule has 2 aromatic rings. The summed E-state index contributed by atoms with van der Waals surface area (Å²) in [5.74, 6) is 0.145. The third-order valence-corrected chi connectivity index (χ3v) is 4.30. The first kappa shape index (κ1) is 17.3. The molecule has 25 heavy (non-hydrogen) atoms. The lowest BCUT2D eigenvalue weighted by Gasteiger charge is -2.33. The van der Waals surface area contributed by atoms with Gasteiger partial charge in [-0.25, -0.2) is 4.98 Å². The highest BCUT2D eigenvalue weighted by atomic mass is 16.5. The van der Waals surface area contributed by atoms with Crippen LogP contribution >= 0.6 is 0 Å². The average molecular weight is 342 g/mol. The predicted molar refractivity (Wildman–Crippen MR) is 92.1 cm³/mol. The van der Waals surface area contributed by atoms with Gasteiger partial charge in [0.2, 0.25) is 5.91 Å². The molecule has 132 valence electrons. The Hall–Kier alpha value is -2.54. The number of carbonyl (C=O) groups excluding carboxylic acids is 1. The molecule has 1 aliphatic rings. The molecular formula is C18H22N4O3. The molecule has 3 rings (SSSR count). The van der Waals surface area contributed by atoms with Gasteiger partial charge in [0, 0.05) is 43.7 Å². The third kappa shape index (κ3) is 5.22. The fourth-order valence-corrected chi connectivity index (χ4v) is 2.93. The van der Waals surface area contributed by atoms with Crippen molar-refractivity contribution in [2.45, 2.75) is 31.8 Å². The summed E-state index contributed by atoms with van der Waals surface area (Å²) in [6.07, 6.45) is 7.50. The second-order valence-electron chi connectivity index (χ2n) is 6.13. The maximum atomic E-state index is 12.4. The molecule has 0 bridgehead atoms. The third-order valence-electron chi connectivity index (χ3n) is 4.30. The number of morpholine rings is 1. The highest BCUT2D eigenvalue weighted by Crippen LogP contribution is 2.13. The summed E-state index contributed by atoms with van der Waals surface area (Å²) < 4.78 is 5.76. The quantitative estimate of drug-likeness (QED) is 0.845. The van der Waals surface area contributed by atoms with Crippen LogP contribution in [0.4, 0.5) is 0 Å². The molecule has 0 unspecified atom stereocenters. The average Bonchev–Trinajstić information content (AvgIpc) is 2.65. The van der Waals surface area contributed by atoms with Gasteiger partial charge in [0.05, 0.1) is 19.0 Å². The van der Waals surface area contributed by atoms with E-state index in [-0.39, 0.29) is 17.6 Å². The van der Waals surface area contributed by atoms with Crippen LogP contribution in [0.2, 0.25) is 0 Å².